The molecule has 0 saturated carbocycles. The number of piperazine rings is 1. The van der Waals surface area contributed by atoms with E-state index in [0.717, 1.165) is 36.8 Å². The first kappa shape index (κ1) is 24.0. The van der Waals surface area contributed by atoms with Gasteiger partial charge in [0.05, 0.1) is 18.0 Å². The highest BCUT2D eigenvalue weighted by Gasteiger charge is 2.32. The van der Waals surface area contributed by atoms with Crippen LogP contribution in [0.15, 0.2) is 70.9 Å². The van der Waals surface area contributed by atoms with Crippen molar-refractivity contribution < 1.29 is 13.2 Å². The molecule has 0 bridgehead atoms. The Morgan fingerprint density at radius 3 is 2.24 bits per heavy atom. The van der Waals surface area contributed by atoms with Crippen LogP contribution in [0.1, 0.15) is 17.8 Å². The van der Waals surface area contributed by atoms with Crippen LogP contribution in [-0.2, 0) is 10.0 Å². The first-order chi connectivity index (χ1) is 15.9. The first-order valence-electron chi connectivity index (χ1n) is 10.8. The largest absolute Gasteiger partial charge is 0.497 e. The normalized spacial score (nSPS) is 17.0. The van der Waals surface area contributed by atoms with Crippen LogP contribution in [0.25, 0.3) is 0 Å². The van der Waals surface area contributed by atoms with Gasteiger partial charge in [-0.1, -0.05) is 17.7 Å². The molecule has 1 fully saturated rings. The minimum absolute atomic E-state index is 0.0508. The Morgan fingerprint density at radius 2 is 1.67 bits per heavy atom. The molecule has 0 amide bonds. The molecule has 0 aliphatic carbocycles. The van der Waals surface area contributed by atoms with Crippen molar-refractivity contribution in [2.75, 3.05) is 38.2 Å². The van der Waals surface area contributed by atoms with Crippen molar-refractivity contribution in [1.82, 2.24) is 9.62 Å². The van der Waals surface area contributed by atoms with E-state index in [0.29, 0.717) is 5.02 Å². The Kier molecular flexibility index (Phi) is 7.61. The third-order valence-electron chi connectivity index (χ3n) is 5.92. The zero-order chi connectivity index (χ0) is 23.4. The smallest absolute Gasteiger partial charge is 0.240 e. The average molecular weight is 506 g/mol. The second-order valence-corrected chi connectivity index (χ2v) is 11.2. The molecule has 1 aliphatic heterocycles. The SMILES string of the molecule is COc1ccc(N2CCN([C@@H](c3cccs3)[C@@H](C)NS(=O)(=O)c3ccc(Cl)cc3)CC2)cc1. The number of anilines is 1. The zero-order valence-electron chi connectivity index (χ0n) is 18.6. The second kappa shape index (κ2) is 10.4. The number of benzene rings is 2. The van der Waals surface area contributed by atoms with Gasteiger partial charge in [0.15, 0.2) is 0 Å². The van der Waals surface area contributed by atoms with Gasteiger partial charge in [-0.15, -0.1) is 11.3 Å². The summed E-state index contributed by atoms with van der Waals surface area (Å²) in [6, 6.07) is 18.1. The molecule has 9 heteroatoms. The predicted octanol–water partition coefficient (Wildman–Crippen LogP) is 4.64. The quantitative estimate of drug-likeness (QED) is 0.483. The Morgan fingerprint density at radius 1 is 1.00 bits per heavy atom. The molecule has 2 aromatic carbocycles. The third-order valence-corrected chi connectivity index (χ3v) is 8.69. The van der Waals surface area contributed by atoms with Crippen LogP contribution in [0.2, 0.25) is 5.02 Å². The van der Waals surface area contributed by atoms with Gasteiger partial charge >= 0.3 is 0 Å². The summed E-state index contributed by atoms with van der Waals surface area (Å²) in [5.41, 5.74) is 1.17. The first-order valence-corrected chi connectivity index (χ1v) is 13.6. The summed E-state index contributed by atoms with van der Waals surface area (Å²) in [5, 5.41) is 2.55. The topological polar surface area (TPSA) is 61.9 Å². The molecule has 3 aromatic rings. The summed E-state index contributed by atoms with van der Waals surface area (Å²) in [4.78, 5) is 6.09. The fourth-order valence-corrected chi connectivity index (χ4v) is 6.58. The van der Waals surface area contributed by atoms with E-state index in [1.54, 1.807) is 30.6 Å². The Bertz CT molecular complexity index is 1130. The van der Waals surface area contributed by atoms with Gasteiger partial charge < -0.3 is 9.64 Å². The zero-order valence-corrected chi connectivity index (χ0v) is 21.0. The van der Waals surface area contributed by atoms with E-state index < -0.39 is 10.0 Å². The van der Waals surface area contributed by atoms with Crippen LogP contribution in [-0.4, -0.2) is 52.6 Å². The monoisotopic (exact) mass is 505 g/mol. The summed E-state index contributed by atoms with van der Waals surface area (Å²) >= 11 is 7.58. The van der Waals surface area contributed by atoms with Gasteiger partial charge in [-0.3, -0.25) is 4.90 Å². The average Bonchev–Trinajstić information content (AvgIpc) is 3.34. The van der Waals surface area contributed by atoms with Crippen molar-refractivity contribution in [3.63, 3.8) is 0 Å². The van der Waals surface area contributed by atoms with E-state index in [1.165, 1.54) is 17.8 Å². The molecule has 1 aromatic heterocycles. The summed E-state index contributed by atoms with van der Waals surface area (Å²) < 4.78 is 34.2. The summed E-state index contributed by atoms with van der Waals surface area (Å²) in [6.07, 6.45) is 0. The lowest BCUT2D eigenvalue weighted by molar-refractivity contribution is 0.164. The van der Waals surface area contributed by atoms with Gasteiger partial charge in [0, 0.05) is 47.8 Å². The maximum atomic E-state index is 13.0. The summed E-state index contributed by atoms with van der Waals surface area (Å²) in [7, 11) is -2.00. The minimum atomic E-state index is -3.66. The Balaban J connectivity index is 1.48. The number of halogens is 1. The van der Waals surface area contributed by atoms with Gasteiger partial charge in [0.25, 0.3) is 0 Å². The number of thiophene rings is 1. The van der Waals surface area contributed by atoms with Crippen LogP contribution in [0.3, 0.4) is 0 Å². The molecule has 4 rings (SSSR count). The highest BCUT2D eigenvalue weighted by Crippen LogP contribution is 2.31. The molecule has 1 aliphatic rings. The number of methoxy groups -OCH3 is 1. The lowest BCUT2D eigenvalue weighted by Gasteiger charge is -2.42. The number of rotatable bonds is 8. The minimum Gasteiger partial charge on any atom is -0.497 e. The fourth-order valence-electron chi connectivity index (χ4n) is 4.24. The van der Waals surface area contributed by atoms with Crippen molar-refractivity contribution in [3.05, 3.63) is 75.9 Å². The van der Waals surface area contributed by atoms with E-state index in [-0.39, 0.29) is 17.0 Å². The van der Waals surface area contributed by atoms with Crippen molar-refractivity contribution in [2.45, 2.75) is 23.9 Å². The van der Waals surface area contributed by atoms with Crippen molar-refractivity contribution in [1.29, 1.82) is 0 Å². The molecule has 176 valence electrons. The van der Waals surface area contributed by atoms with Gasteiger partial charge in [-0.2, -0.15) is 0 Å². The highest BCUT2D eigenvalue weighted by atomic mass is 35.5. The molecular formula is C24H28ClN3O3S2. The molecule has 1 saturated heterocycles. The van der Waals surface area contributed by atoms with Crippen LogP contribution in [0, 0.1) is 0 Å². The van der Waals surface area contributed by atoms with Gasteiger partial charge in [0.2, 0.25) is 10.0 Å². The van der Waals surface area contributed by atoms with Crippen molar-refractivity contribution in [3.8, 4) is 5.75 Å². The fraction of sp³-hybridized carbons (Fsp3) is 0.333. The Labute approximate surface area is 204 Å². The van der Waals surface area contributed by atoms with Crippen LogP contribution >= 0.6 is 22.9 Å². The second-order valence-electron chi connectivity index (χ2n) is 8.05. The lowest BCUT2D eigenvalue weighted by atomic mass is 10.1. The predicted molar refractivity (Wildman–Crippen MR) is 135 cm³/mol. The van der Waals surface area contributed by atoms with E-state index in [4.69, 9.17) is 16.3 Å². The summed E-state index contributed by atoms with van der Waals surface area (Å²) in [5.74, 6) is 0.844. The van der Waals surface area contributed by atoms with E-state index >= 15 is 0 Å². The van der Waals surface area contributed by atoms with E-state index in [1.807, 2.05) is 30.5 Å². The molecular weight excluding hydrogens is 478 g/mol. The van der Waals surface area contributed by atoms with Crippen molar-refractivity contribution >= 4 is 38.6 Å². The van der Waals surface area contributed by atoms with E-state index in [9.17, 15) is 8.42 Å². The third kappa shape index (κ3) is 5.70. The Hall–Kier alpha value is -2.10. The number of hydrogen-bond donors (Lipinski definition) is 1. The van der Waals surface area contributed by atoms with Gasteiger partial charge in [-0.25, -0.2) is 13.1 Å². The molecule has 1 N–H and O–H groups in total. The molecule has 0 spiro atoms. The number of sulfonamides is 1. The molecule has 2 atom stereocenters. The molecule has 33 heavy (non-hydrogen) atoms. The van der Waals surface area contributed by atoms with Gasteiger partial charge in [-0.05, 0) is 66.9 Å². The maximum Gasteiger partial charge on any atom is 0.240 e. The number of nitrogens with zero attached hydrogens (tertiary/aromatic N) is 2. The van der Waals surface area contributed by atoms with Crippen LogP contribution in [0.5, 0.6) is 5.75 Å². The number of hydrogen-bond acceptors (Lipinski definition) is 6. The lowest BCUT2D eigenvalue weighted by Crippen LogP contribution is -2.52. The van der Waals surface area contributed by atoms with Crippen LogP contribution in [0.4, 0.5) is 5.69 Å². The summed E-state index contributed by atoms with van der Waals surface area (Å²) in [6.45, 7) is 5.34. The number of ether oxygens (including phenoxy) is 1. The maximum absolute atomic E-state index is 13.0. The van der Waals surface area contributed by atoms with Gasteiger partial charge in [0.1, 0.15) is 5.75 Å². The molecule has 2 heterocycles. The standard InChI is InChI=1S/C24H28ClN3O3S2/c1-18(26-33(29,30)22-11-5-19(25)6-12-22)24(23-4-3-17-32-23)28-15-13-27(14-16-28)20-7-9-21(31-2)10-8-20/h3-12,17-18,24,26H,13-16H2,1-2H3/t18-,24-/m1/s1. The highest BCUT2D eigenvalue weighted by molar-refractivity contribution is 7.89. The van der Waals surface area contributed by atoms with Crippen molar-refractivity contribution in [2.24, 2.45) is 0 Å². The molecule has 0 unspecified atom stereocenters. The van der Waals surface area contributed by atoms with E-state index in [2.05, 4.69) is 32.7 Å². The molecule has 6 nitrogen and oxygen atoms in total. The molecule has 0 radical (unpaired) electrons. The van der Waals surface area contributed by atoms with Crippen LogP contribution < -0.4 is 14.4 Å². The number of nitrogens with one attached hydrogen (secondary N) is 1.